The molecule has 0 unspecified atom stereocenters. The van der Waals surface area contributed by atoms with E-state index in [2.05, 4.69) is 22.8 Å². The summed E-state index contributed by atoms with van der Waals surface area (Å²) >= 11 is 0. The Labute approximate surface area is 164 Å². The van der Waals surface area contributed by atoms with Gasteiger partial charge in [-0.15, -0.1) is 0 Å². The lowest BCUT2D eigenvalue weighted by Gasteiger charge is -2.07. The number of benzene rings is 2. The van der Waals surface area contributed by atoms with Gasteiger partial charge >= 0.3 is 0 Å². The maximum absolute atomic E-state index is 11.9. The lowest BCUT2D eigenvalue weighted by molar-refractivity contribution is -0.124. The van der Waals surface area contributed by atoms with Gasteiger partial charge in [-0.2, -0.15) is 5.10 Å². The zero-order chi connectivity index (χ0) is 20.4. The van der Waals surface area contributed by atoms with Gasteiger partial charge < -0.3 is 14.8 Å². The summed E-state index contributed by atoms with van der Waals surface area (Å²) < 4.78 is 10.4. The number of carbonyl (C=O) groups is 2. The highest BCUT2D eigenvalue weighted by Gasteiger charge is 2.07. The number of hydrogen-bond acceptors (Lipinski definition) is 5. The number of ether oxygens (including phenoxy) is 2. The van der Waals surface area contributed by atoms with Crippen molar-refractivity contribution in [3.8, 4) is 11.5 Å². The molecule has 0 aliphatic rings. The van der Waals surface area contributed by atoms with Gasteiger partial charge in [0.25, 0.3) is 0 Å². The zero-order valence-corrected chi connectivity index (χ0v) is 16.3. The Hall–Kier alpha value is -3.35. The standard InChI is InChI=1S/C21H25N3O4/c1-4-15-5-8-17(9-6-15)23-20(25)11-12-21(26)24-22-14-16-7-10-18(27-2)19(13-16)28-3/h5-10,13-14H,4,11-12H2,1-3H3,(H,23,25)(H,24,26)/b22-14+. The summed E-state index contributed by atoms with van der Waals surface area (Å²) in [7, 11) is 3.10. The lowest BCUT2D eigenvalue weighted by Crippen LogP contribution is -2.20. The quantitative estimate of drug-likeness (QED) is 0.514. The Kier molecular flexibility index (Phi) is 8.02. The molecule has 2 rings (SSSR count). The fraction of sp³-hybridized carbons (Fsp3) is 0.286. The number of nitrogens with one attached hydrogen (secondary N) is 2. The first kappa shape index (κ1) is 21.0. The van der Waals surface area contributed by atoms with Crippen molar-refractivity contribution in [3.63, 3.8) is 0 Å². The van der Waals surface area contributed by atoms with Crippen LogP contribution in [0.15, 0.2) is 47.6 Å². The molecule has 0 aliphatic carbocycles. The minimum Gasteiger partial charge on any atom is -0.493 e. The largest absolute Gasteiger partial charge is 0.493 e. The van der Waals surface area contributed by atoms with Gasteiger partial charge in [-0.25, -0.2) is 5.43 Å². The van der Waals surface area contributed by atoms with Crippen molar-refractivity contribution < 1.29 is 19.1 Å². The Morgan fingerprint density at radius 2 is 1.64 bits per heavy atom. The first-order valence-corrected chi connectivity index (χ1v) is 8.98. The predicted octanol–water partition coefficient (Wildman–Crippen LogP) is 3.14. The monoisotopic (exact) mass is 383 g/mol. The number of hydrogen-bond donors (Lipinski definition) is 2. The molecule has 28 heavy (non-hydrogen) atoms. The Bertz CT molecular complexity index is 832. The van der Waals surface area contributed by atoms with Crippen molar-refractivity contribution in [1.29, 1.82) is 0 Å². The molecule has 0 spiro atoms. The van der Waals surface area contributed by atoms with E-state index in [-0.39, 0.29) is 24.7 Å². The fourth-order valence-corrected chi connectivity index (χ4v) is 2.44. The second kappa shape index (κ2) is 10.7. The average molecular weight is 383 g/mol. The maximum Gasteiger partial charge on any atom is 0.240 e. The van der Waals surface area contributed by atoms with Crippen LogP contribution < -0.4 is 20.2 Å². The number of methoxy groups -OCH3 is 2. The van der Waals surface area contributed by atoms with Crippen LogP contribution in [0.2, 0.25) is 0 Å². The summed E-state index contributed by atoms with van der Waals surface area (Å²) in [6, 6.07) is 12.9. The van der Waals surface area contributed by atoms with Gasteiger partial charge in [0.2, 0.25) is 11.8 Å². The molecule has 0 saturated heterocycles. The molecular formula is C21H25N3O4. The predicted molar refractivity (Wildman–Crippen MR) is 109 cm³/mol. The zero-order valence-electron chi connectivity index (χ0n) is 16.3. The van der Waals surface area contributed by atoms with Gasteiger partial charge in [-0.3, -0.25) is 9.59 Å². The van der Waals surface area contributed by atoms with Crippen molar-refractivity contribution in [3.05, 3.63) is 53.6 Å². The summed E-state index contributed by atoms with van der Waals surface area (Å²) in [6.07, 6.45) is 2.56. The summed E-state index contributed by atoms with van der Waals surface area (Å²) in [5.74, 6) is 0.622. The molecule has 2 amide bonds. The van der Waals surface area contributed by atoms with Crippen LogP contribution in [0.25, 0.3) is 0 Å². The van der Waals surface area contributed by atoms with E-state index in [9.17, 15) is 9.59 Å². The number of hydrazone groups is 1. The number of amides is 2. The first-order valence-electron chi connectivity index (χ1n) is 8.98. The smallest absolute Gasteiger partial charge is 0.240 e. The molecule has 0 atom stereocenters. The van der Waals surface area contributed by atoms with Gasteiger partial charge in [0.05, 0.1) is 20.4 Å². The molecule has 0 saturated carbocycles. The van der Waals surface area contributed by atoms with Crippen LogP contribution in [0.1, 0.15) is 30.9 Å². The van der Waals surface area contributed by atoms with Crippen LogP contribution in [0.3, 0.4) is 0 Å². The van der Waals surface area contributed by atoms with Crippen LogP contribution in [0, 0.1) is 0 Å². The second-order valence-corrected chi connectivity index (χ2v) is 6.01. The molecule has 0 bridgehead atoms. The third-order valence-electron chi connectivity index (χ3n) is 4.04. The Morgan fingerprint density at radius 1 is 0.964 bits per heavy atom. The Balaban J connectivity index is 1.77. The van der Waals surface area contributed by atoms with Crippen LogP contribution >= 0.6 is 0 Å². The topological polar surface area (TPSA) is 89.0 Å². The lowest BCUT2D eigenvalue weighted by atomic mass is 10.1. The van der Waals surface area contributed by atoms with Gasteiger partial charge in [0.1, 0.15) is 0 Å². The molecule has 0 aromatic heterocycles. The maximum atomic E-state index is 11.9. The second-order valence-electron chi connectivity index (χ2n) is 6.01. The number of carbonyl (C=O) groups excluding carboxylic acids is 2. The molecular weight excluding hydrogens is 358 g/mol. The number of nitrogens with zero attached hydrogens (tertiary/aromatic N) is 1. The number of rotatable bonds is 9. The van der Waals surface area contributed by atoms with Gasteiger partial charge in [0, 0.05) is 18.5 Å². The molecule has 0 radical (unpaired) electrons. The highest BCUT2D eigenvalue weighted by molar-refractivity contribution is 5.93. The molecule has 7 nitrogen and oxygen atoms in total. The number of aryl methyl sites for hydroxylation is 1. The molecule has 7 heteroatoms. The van der Waals surface area contributed by atoms with Gasteiger partial charge in [-0.05, 0) is 47.9 Å². The van der Waals surface area contributed by atoms with Crippen molar-refractivity contribution in [2.24, 2.45) is 5.10 Å². The highest BCUT2D eigenvalue weighted by Crippen LogP contribution is 2.26. The van der Waals surface area contributed by atoms with Crippen molar-refractivity contribution >= 4 is 23.7 Å². The van der Waals surface area contributed by atoms with Crippen LogP contribution in [-0.4, -0.2) is 32.2 Å². The van der Waals surface area contributed by atoms with Crippen molar-refractivity contribution in [1.82, 2.24) is 5.43 Å². The summed E-state index contributed by atoms with van der Waals surface area (Å²) in [4.78, 5) is 23.8. The van der Waals surface area contributed by atoms with Crippen molar-refractivity contribution in [2.45, 2.75) is 26.2 Å². The molecule has 148 valence electrons. The third-order valence-corrected chi connectivity index (χ3v) is 4.04. The van der Waals surface area contributed by atoms with Gasteiger partial charge in [0.15, 0.2) is 11.5 Å². The summed E-state index contributed by atoms with van der Waals surface area (Å²) in [6.45, 7) is 2.07. The Morgan fingerprint density at radius 3 is 2.29 bits per heavy atom. The van der Waals surface area contributed by atoms with E-state index >= 15 is 0 Å². The first-order chi connectivity index (χ1) is 13.5. The van der Waals surface area contributed by atoms with Crippen LogP contribution in [0.5, 0.6) is 11.5 Å². The van der Waals surface area contributed by atoms with E-state index in [0.29, 0.717) is 17.2 Å². The third kappa shape index (κ3) is 6.42. The molecule has 2 N–H and O–H groups in total. The minimum atomic E-state index is -0.340. The molecule has 2 aromatic carbocycles. The molecule has 2 aromatic rings. The SMILES string of the molecule is CCc1ccc(NC(=O)CCC(=O)N/N=C/c2ccc(OC)c(OC)c2)cc1. The van der Waals surface area contributed by atoms with Gasteiger partial charge in [-0.1, -0.05) is 19.1 Å². The fourth-order valence-electron chi connectivity index (χ4n) is 2.44. The molecule has 0 aliphatic heterocycles. The van der Waals surface area contributed by atoms with E-state index in [1.165, 1.54) is 11.8 Å². The molecule has 0 heterocycles. The highest BCUT2D eigenvalue weighted by atomic mass is 16.5. The summed E-state index contributed by atoms with van der Waals surface area (Å²) in [5.41, 5.74) is 5.07. The van der Waals surface area contributed by atoms with Crippen LogP contribution in [0.4, 0.5) is 5.69 Å². The minimum absolute atomic E-state index is 0.0438. The van der Waals surface area contributed by atoms with E-state index in [1.807, 2.05) is 24.3 Å². The van der Waals surface area contributed by atoms with E-state index < -0.39 is 0 Å². The van der Waals surface area contributed by atoms with E-state index in [0.717, 1.165) is 12.0 Å². The van der Waals surface area contributed by atoms with E-state index in [1.54, 1.807) is 32.4 Å². The van der Waals surface area contributed by atoms with Crippen LogP contribution in [-0.2, 0) is 16.0 Å². The molecule has 0 fully saturated rings. The normalized spacial score (nSPS) is 10.5. The number of anilines is 1. The average Bonchev–Trinajstić information content (AvgIpc) is 2.72. The summed E-state index contributed by atoms with van der Waals surface area (Å²) in [5, 5.41) is 6.67. The van der Waals surface area contributed by atoms with Crippen molar-refractivity contribution in [2.75, 3.05) is 19.5 Å². The van der Waals surface area contributed by atoms with E-state index in [4.69, 9.17) is 9.47 Å².